The number of carbonyl (C=O) groups excluding carboxylic acids is 2. The monoisotopic (exact) mass is 979 g/mol. The lowest BCUT2D eigenvalue weighted by molar-refractivity contribution is 0.0272. The number of hydrogen-bond donors (Lipinski definition) is 1. The fourth-order valence-corrected chi connectivity index (χ4v) is 8.59. The van der Waals surface area contributed by atoms with Crippen LogP contribution in [0.2, 0.25) is 0 Å². The lowest BCUT2D eigenvalue weighted by Crippen LogP contribution is -2.32. The van der Waals surface area contributed by atoms with E-state index in [1.165, 1.54) is 12.7 Å². The molecule has 0 aliphatic carbocycles. The third kappa shape index (κ3) is 12.4. The maximum absolute atomic E-state index is 14.1. The largest absolute Gasteiger partial charge is 0.497 e. The van der Waals surface area contributed by atoms with E-state index in [9.17, 15) is 9.59 Å². The molecule has 1 amide bonds. The van der Waals surface area contributed by atoms with Gasteiger partial charge in [0.15, 0.2) is 29.3 Å². The van der Waals surface area contributed by atoms with Crippen molar-refractivity contribution in [1.82, 2.24) is 9.80 Å². The van der Waals surface area contributed by atoms with Crippen LogP contribution in [0.4, 0.5) is 17.1 Å². The second-order valence-electron chi connectivity index (χ2n) is 17.2. The van der Waals surface area contributed by atoms with Crippen LogP contribution in [-0.2, 0) is 27.4 Å². The van der Waals surface area contributed by atoms with Crippen molar-refractivity contribution < 1.29 is 52.2 Å². The average Bonchev–Trinajstić information content (AvgIpc) is 3.99. The summed E-state index contributed by atoms with van der Waals surface area (Å²) in [7, 11) is 10.0. The molecule has 376 valence electrons. The summed E-state index contributed by atoms with van der Waals surface area (Å²) in [4.78, 5) is 39.8. The van der Waals surface area contributed by atoms with Crippen LogP contribution in [0, 0.1) is 0 Å². The van der Waals surface area contributed by atoms with E-state index in [0.717, 1.165) is 57.7 Å². The Morgan fingerprint density at radius 3 is 1.92 bits per heavy atom. The first-order chi connectivity index (χ1) is 35.2. The van der Waals surface area contributed by atoms with Crippen LogP contribution in [0.25, 0.3) is 11.1 Å². The standard InChI is InChI=1S/C56H61N5O11/c1-60-32-41(39-7-11-47(65-3)12-8-39)24-45(60)30-58-50-28-54(52(67-5)26-43(50)34-62)71-35-37-21-38(23-44(22-37)57-15-16-69-19-20-70-18-17-64-2)36-72-55-29-51-49(27-53(55)68-6)56(63)61-33-42(25-46(61)31-59-51)40-9-13-48(66-4)14-10-40/h7-14,21-23,26-34,45-46,57H,15-20,24-25,35-36H2,1-6H3/t45?,46-/m0/s1. The van der Waals surface area contributed by atoms with Gasteiger partial charge in [0.1, 0.15) is 24.7 Å². The Hall–Kier alpha value is -7.66. The molecule has 0 bridgehead atoms. The Kier molecular flexibility index (Phi) is 17.2. The summed E-state index contributed by atoms with van der Waals surface area (Å²) in [6.45, 7) is 3.22. The maximum atomic E-state index is 14.1. The Bertz CT molecular complexity index is 2810. The van der Waals surface area contributed by atoms with E-state index in [2.05, 4.69) is 16.4 Å². The SMILES string of the molecule is COCCOCCOCCNc1cc(COc2cc(N=CC3CC(c4ccc(OC)cc4)=CN3C)c(C=O)cc2OC)cc(COc2cc3c(cc2OC)C(=O)N2C=C(c4ccc(OC)cc4)C[C@H]2C=N3)c1. The third-order valence-corrected chi connectivity index (χ3v) is 12.5. The van der Waals surface area contributed by atoms with Crippen molar-refractivity contribution in [1.29, 1.82) is 0 Å². The molecule has 16 nitrogen and oxygen atoms in total. The zero-order valence-corrected chi connectivity index (χ0v) is 41.6. The summed E-state index contributed by atoms with van der Waals surface area (Å²) in [5.74, 6) is 3.02. The molecule has 3 aliphatic rings. The van der Waals surface area contributed by atoms with Crippen LogP contribution in [0.1, 0.15) is 55.8 Å². The smallest absolute Gasteiger partial charge is 0.260 e. The first-order valence-corrected chi connectivity index (χ1v) is 23.7. The van der Waals surface area contributed by atoms with Crippen LogP contribution < -0.4 is 33.7 Å². The normalized spacial score (nSPS) is 15.9. The quantitative estimate of drug-likeness (QED) is 0.0335. The number of aldehydes is 1. The highest BCUT2D eigenvalue weighted by Crippen LogP contribution is 2.41. The Balaban J connectivity index is 0.981. The lowest BCUT2D eigenvalue weighted by Gasteiger charge is -2.19. The fourth-order valence-electron chi connectivity index (χ4n) is 8.59. The zero-order chi connectivity index (χ0) is 50.4. The molecule has 0 radical (unpaired) electrons. The van der Waals surface area contributed by atoms with Crippen molar-refractivity contribution in [2.45, 2.75) is 38.1 Å². The van der Waals surface area contributed by atoms with Gasteiger partial charge < -0.3 is 57.7 Å². The van der Waals surface area contributed by atoms with Crippen molar-refractivity contribution in [3.05, 3.63) is 137 Å². The molecular formula is C56H61N5O11. The first kappa shape index (κ1) is 50.7. The molecule has 72 heavy (non-hydrogen) atoms. The van der Waals surface area contributed by atoms with E-state index in [1.807, 2.05) is 92.4 Å². The van der Waals surface area contributed by atoms with Crippen LogP contribution in [0.3, 0.4) is 0 Å². The molecule has 0 saturated heterocycles. The molecule has 0 spiro atoms. The number of nitrogens with zero attached hydrogens (tertiary/aromatic N) is 4. The second-order valence-corrected chi connectivity index (χ2v) is 17.2. The summed E-state index contributed by atoms with van der Waals surface area (Å²) < 4.78 is 51.5. The fraction of sp³-hybridized carbons (Fsp3) is 0.321. The van der Waals surface area contributed by atoms with Crippen molar-refractivity contribution >= 4 is 52.8 Å². The zero-order valence-electron chi connectivity index (χ0n) is 41.6. The van der Waals surface area contributed by atoms with E-state index >= 15 is 0 Å². The number of rotatable bonds is 25. The highest BCUT2D eigenvalue weighted by Gasteiger charge is 2.33. The average molecular weight is 980 g/mol. The number of fused-ring (bicyclic) bond motifs is 2. The third-order valence-electron chi connectivity index (χ3n) is 12.5. The number of hydrogen-bond acceptors (Lipinski definition) is 15. The van der Waals surface area contributed by atoms with Crippen LogP contribution in [0.5, 0.6) is 34.5 Å². The number of amides is 1. The summed E-state index contributed by atoms with van der Waals surface area (Å²) in [5.41, 5.74) is 8.52. The molecule has 3 aliphatic heterocycles. The predicted octanol–water partition coefficient (Wildman–Crippen LogP) is 9.20. The van der Waals surface area contributed by atoms with Gasteiger partial charge in [0, 0.05) is 75.3 Å². The first-order valence-electron chi connectivity index (χ1n) is 23.7. The van der Waals surface area contributed by atoms with Gasteiger partial charge in [-0.05, 0) is 94.4 Å². The molecule has 1 unspecified atom stereocenters. The molecule has 16 heteroatoms. The van der Waals surface area contributed by atoms with E-state index in [0.29, 0.717) is 91.5 Å². The minimum Gasteiger partial charge on any atom is -0.497 e. The van der Waals surface area contributed by atoms with E-state index in [-0.39, 0.29) is 31.2 Å². The number of aliphatic imine (C=N–C) groups is 2. The number of nitrogens with one attached hydrogen (secondary N) is 1. The van der Waals surface area contributed by atoms with Crippen molar-refractivity contribution in [2.24, 2.45) is 9.98 Å². The Morgan fingerprint density at radius 2 is 1.29 bits per heavy atom. The maximum Gasteiger partial charge on any atom is 0.260 e. The number of benzene rings is 5. The molecule has 0 aromatic heterocycles. The Morgan fingerprint density at radius 1 is 0.681 bits per heavy atom. The number of methoxy groups -OCH3 is 5. The van der Waals surface area contributed by atoms with E-state index < -0.39 is 0 Å². The lowest BCUT2D eigenvalue weighted by atomic mass is 10.0. The van der Waals surface area contributed by atoms with Gasteiger partial charge in [-0.15, -0.1) is 0 Å². The predicted molar refractivity (Wildman–Crippen MR) is 277 cm³/mol. The molecule has 8 rings (SSSR count). The summed E-state index contributed by atoms with van der Waals surface area (Å²) >= 11 is 0. The van der Waals surface area contributed by atoms with Crippen molar-refractivity contribution in [3.63, 3.8) is 0 Å². The molecule has 5 aromatic carbocycles. The summed E-state index contributed by atoms with van der Waals surface area (Å²) in [6, 6.07) is 28.3. The highest BCUT2D eigenvalue weighted by atomic mass is 16.5. The molecular weight excluding hydrogens is 919 g/mol. The van der Waals surface area contributed by atoms with Crippen molar-refractivity contribution in [3.8, 4) is 34.5 Å². The van der Waals surface area contributed by atoms with Gasteiger partial charge in [-0.25, -0.2) is 0 Å². The molecule has 3 heterocycles. The second kappa shape index (κ2) is 24.4. The van der Waals surface area contributed by atoms with Gasteiger partial charge in [-0.2, -0.15) is 0 Å². The topological polar surface area (TPSA) is 160 Å². The van der Waals surface area contributed by atoms with Gasteiger partial charge in [0.25, 0.3) is 5.91 Å². The number of anilines is 1. The van der Waals surface area contributed by atoms with E-state index in [1.54, 1.807) is 57.6 Å². The van der Waals surface area contributed by atoms with Gasteiger partial charge in [-0.1, -0.05) is 24.3 Å². The van der Waals surface area contributed by atoms with Gasteiger partial charge >= 0.3 is 0 Å². The number of carbonyl (C=O) groups is 2. The molecule has 0 fully saturated rings. The van der Waals surface area contributed by atoms with Crippen LogP contribution in [-0.4, -0.2) is 129 Å². The Labute approximate surface area is 420 Å². The molecule has 1 N–H and O–H groups in total. The van der Waals surface area contributed by atoms with Gasteiger partial charge in [0.2, 0.25) is 0 Å². The van der Waals surface area contributed by atoms with Crippen molar-refractivity contribution in [2.75, 3.05) is 87.5 Å². The van der Waals surface area contributed by atoms with Gasteiger partial charge in [-0.3, -0.25) is 19.6 Å². The summed E-state index contributed by atoms with van der Waals surface area (Å²) in [5, 5.41) is 3.47. The minimum atomic E-state index is -0.244. The molecule has 2 atom stereocenters. The molecule has 0 saturated carbocycles. The molecule has 5 aromatic rings. The summed E-state index contributed by atoms with van der Waals surface area (Å²) in [6.07, 6.45) is 9.81. The number of ether oxygens (including phenoxy) is 9. The van der Waals surface area contributed by atoms with E-state index in [4.69, 9.17) is 52.6 Å². The minimum absolute atomic E-state index is 0.0282. The highest BCUT2D eigenvalue weighted by molar-refractivity contribution is 6.05. The van der Waals surface area contributed by atoms with Crippen LogP contribution >= 0.6 is 0 Å². The van der Waals surface area contributed by atoms with Gasteiger partial charge in [0.05, 0.1) is 90.5 Å². The van der Waals surface area contributed by atoms with Crippen LogP contribution in [0.15, 0.2) is 113 Å².